The molecule has 5 amide bonds. The quantitative estimate of drug-likeness (QED) is 0.0751. The predicted molar refractivity (Wildman–Crippen MR) is 209 cm³/mol. The monoisotopic (exact) mass is 800 g/mol. The van der Waals surface area contributed by atoms with Crippen molar-refractivity contribution in [2.75, 3.05) is 6.54 Å². The number of carbonyl (C=O) groups excluding carboxylic acids is 6. The van der Waals surface area contributed by atoms with E-state index in [1.54, 1.807) is 65.0 Å². The number of nitrogens with zero attached hydrogens (tertiary/aromatic N) is 1. The van der Waals surface area contributed by atoms with Gasteiger partial charge in [0.05, 0.1) is 12.1 Å². The second-order valence-corrected chi connectivity index (χ2v) is 16.2. The molecule has 0 radical (unpaired) electrons. The highest BCUT2D eigenvalue weighted by Gasteiger charge is 2.38. The molecule has 0 bridgehead atoms. The van der Waals surface area contributed by atoms with Crippen molar-refractivity contribution in [1.82, 2.24) is 26.2 Å². The minimum Gasteiger partial charge on any atom is -0.404 e. The van der Waals surface area contributed by atoms with Crippen LogP contribution in [-0.2, 0) is 46.2 Å². The SMILES string of the molecule is CC[C@H](C)[C@H](NC(=O)[C@@H](N)C(C)C)C(=O)N[C@@H](Cc1ccc(OP(=O)(O)O)cc1)C(=O)N[C@@H](Cc1ccccc1)C(=O)N[C@H](C(=O)N1CCC[C@H]1C=O)C(C)C. The Morgan fingerprint density at radius 1 is 0.804 bits per heavy atom. The van der Waals surface area contributed by atoms with Crippen molar-refractivity contribution in [3.8, 4) is 5.75 Å². The number of benzene rings is 2. The standard InChI is InChI=1S/C39H57N6O10P/c1-7-25(6)34(44-37(49)32(40)23(2)3)38(50)42-30(21-27-15-17-29(18-16-27)55-56(52,53)54)35(47)41-31(20-26-12-9-8-10-13-26)36(48)43-33(24(4)5)39(51)45-19-11-14-28(45)22-46/h8-10,12-13,15-18,22-25,28,30-34H,7,11,14,19-21,40H2,1-6H3,(H,41,47)(H,42,50)(H,43,48)(H,44,49)(H2,52,53,54)/t25-,28-,30-,31-,32-,33-,34-/m0/s1. The molecule has 8 N–H and O–H groups in total. The summed E-state index contributed by atoms with van der Waals surface area (Å²) in [5.74, 6) is -4.12. The number of phosphoric ester groups is 1. The van der Waals surface area contributed by atoms with Gasteiger partial charge in [-0.2, -0.15) is 0 Å². The molecular formula is C39H57N6O10P. The first-order chi connectivity index (χ1) is 26.3. The molecule has 0 aliphatic carbocycles. The Bertz CT molecular complexity index is 1700. The van der Waals surface area contributed by atoms with Gasteiger partial charge < -0.3 is 41.2 Å². The molecule has 308 valence electrons. The summed E-state index contributed by atoms with van der Waals surface area (Å²) >= 11 is 0. The third-order valence-corrected chi connectivity index (χ3v) is 10.4. The minimum atomic E-state index is -4.84. The summed E-state index contributed by atoms with van der Waals surface area (Å²) in [6.45, 7) is 11.1. The molecule has 0 saturated carbocycles. The Morgan fingerprint density at radius 2 is 1.34 bits per heavy atom. The first kappa shape index (κ1) is 45.8. The van der Waals surface area contributed by atoms with Crippen molar-refractivity contribution in [3.63, 3.8) is 0 Å². The van der Waals surface area contributed by atoms with E-state index in [1.807, 2.05) is 6.92 Å². The first-order valence-corrected chi connectivity index (χ1v) is 20.5. The van der Waals surface area contributed by atoms with Crippen LogP contribution in [0.3, 0.4) is 0 Å². The minimum absolute atomic E-state index is 0.0197. The number of phosphoric acid groups is 1. The van der Waals surface area contributed by atoms with Crippen LogP contribution in [0, 0.1) is 17.8 Å². The van der Waals surface area contributed by atoms with E-state index >= 15 is 0 Å². The first-order valence-electron chi connectivity index (χ1n) is 19.0. The number of aldehydes is 1. The average molecular weight is 801 g/mol. The molecule has 1 fully saturated rings. The molecule has 7 atom stereocenters. The largest absolute Gasteiger partial charge is 0.524 e. The number of nitrogens with two attached hydrogens (primary N) is 1. The van der Waals surface area contributed by atoms with Gasteiger partial charge in [0.1, 0.15) is 36.2 Å². The summed E-state index contributed by atoms with van der Waals surface area (Å²) < 4.78 is 16.0. The zero-order valence-corrected chi connectivity index (χ0v) is 33.7. The number of hydrogen-bond acceptors (Lipinski definition) is 9. The Kier molecular flexibility index (Phi) is 17.2. The fraction of sp³-hybridized carbons (Fsp3) is 0.538. The Hall–Kier alpha value is -4.63. The van der Waals surface area contributed by atoms with Gasteiger partial charge >= 0.3 is 7.82 Å². The van der Waals surface area contributed by atoms with E-state index in [0.717, 1.165) is 6.29 Å². The van der Waals surface area contributed by atoms with Crippen LogP contribution in [0.5, 0.6) is 5.75 Å². The molecule has 0 aromatic heterocycles. The molecule has 1 saturated heterocycles. The summed E-state index contributed by atoms with van der Waals surface area (Å²) in [5, 5.41) is 11.1. The normalized spacial score (nSPS) is 17.6. The molecule has 0 spiro atoms. The van der Waals surface area contributed by atoms with Crippen LogP contribution in [0.4, 0.5) is 0 Å². The Balaban J connectivity index is 1.98. The van der Waals surface area contributed by atoms with Crippen LogP contribution in [0.15, 0.2) is 54.6 Å². The average Bonchev–Trinajstić information content (AvgIpc) is 3.64. The molecule has 1 aliphatic rings. The molecule has 16 nitrogen and oxygen atoms in total. The molecule has 1 aliphatic heterocycles. The van der Waals surface area contributed by atoms with Gasteiger partial charge in [0.2, 0.25) is 29.5 Å². The molecule has 1 heterocycles. The van der Waals surface area contributed by atoms with E-state index in [0.29, 0.717) is 36.9 Å². The molecule has 2 aromatic carbocycles. The Morgan fingerprint density at radius 3 is 1.86 bits per heavy atom. The molecule has 17 heteroatoms. The lowest BCUT2D eigenvalue weighted by molar-refractivity contribution is -0.140. The van der Waals surface area contributed by atoms with Gasteiger partial charge in [-0.3, -0.25) is 33.8 Å². The summed E-state index contributed by atoms with van der Waals surface area (Å²) in [4.78, 5) is 101. The van der Waals surface area contributed by atoms with Crippen molar-refractivity contribution in [2.24, 2.45) is 23.5 Å². The van der Waals surface area contributed by atoms with Gasteiger partial charge in [-0.25, -0.2) is 4.57 Å². The maximum absolute atomic E-state index is 14.3. The van der Waals surface area contributed by atoms with Gasteiger partial charge in [-0.1, -0.05) is 90.4 Å². The second kappa shape index (κ2) is 21.1. The highest BCUT2D eigenvalue weighted by molar-refractivity contribution is 7.46. The maximum atomic E-state index is 14.3. The molecular weight excluding hydrogens is 743 g/mol. The lowest BCUT2D eigenvalue weighted by Gasteiger charge is -2.31. The van der Waals surface area contributed by atoms with Crippen LogP contribution in [0.1, 0.15) is 71.9 Å². The van der Waals surface area contributed by atoms with Crippen LogP contribution < -0.4 is 31.5 Å². The Labute approximate surface area is 328 Å². The number of rotatable bonds is 20. The highest BCUT2D eigenvalue weighted by atomic mass is 31.2. The number of hydrogen-bond donors (Lipinski definition) is 7. The van der Waals surface area contributed by atoms with E-state index in [-0.39, 0.29) is 36.3 Å². The van der Waals surface area contributed by atoms with E-state index in [1.165, 1.54) is 29.2 Å². The summed E-state index contributed by atoms with van der Waals surface area (Å²) in [7, 11) is -4.84. The maximum Gasteiger partial charge on any atom is 0.524 e. The summed E-state index contributed by atoms with van der Waals surface area (Å²) in [6.07, 6.45) is 2.28. The number of carbonyl (C=O) groups is 6. The van der Waals surface area contributed by atoms with E-state index in [9.17, 15) is 43.1 Å². The number of likely N-dealkylation sites (tertiary alicyclic amines) is 1. The summed E-state index contributed by atoms with van der Waals surface area (Å²) in [5.41, 5.74) is 7.23. The fourth-order valence-corrected chi connectivity index (χ4v) is 6.67. The zero-order chi connectivity index (χ0) is 41.7. The van der Waals surface area contributed by atoms with Crippen LogP contribution >= 0.6 is 7.82 Å². The van der Waals surface area contributed by atoms with Crippen molar-refractivity contribution in [1.29, 1.82) is 0 Å². The molecule has 2 aromatic rings. The third-order valence-electron chi connectivity index (χ3n) is 9.92. The zero-order valence-electron chi connectivity index (χ0n) is 32.8. The van der Waals surface area contributed by atoms with Crippen LogP contribution in [-0.4, -0.2) is 93.3 Å². The number of nitrogens with one attached hydrogen (secondary N) is 4. The topological polar surface area (TPSA) is 247 Å². The fourth-order valence-electron chi connectivity index (χ4n) is 6.27. The van der Waals surface area contributed by atoms with Crippen molar-refractivity contribution >= 4 is 43.6 Å². The molecule has 0 unspecified atom stereocenters. The van der Waals surface area contributed by atoms with Crippen molar-refractivity contribution in [3.05, 3.63) is 65.7 Å². The van der Waals surface area contributed by atoms with Crippen molar-refractivity contribution in [2.45, 2.75) is 110 Å². The van der Waals surface area contributed by atoms with Gasteiger partial charge in [0.15, 0.2) is 0 Å². The van der Waals surface area contributed by atoms with Gasteiger partial charge in [-0.15, -0.1) is 0 Å². The molecule has 56 heavy (non-hydrogen) atoms. The van der Waals surface area contributed by atoms with Crippen LogP contribution in [0.2, 0.25) is 0 Å². The van der Waals surface area contributed by atoms with Gasteiger partial charge in [0.25, 0.3) is 0 Å². The highest BCUT2D eigenvalue weighted by Crippen LogP contribution is 2.37. The lowest BCUT2D eigenvalue weighted by Crippen LogP contribution is -2.61. The van der Waals surface area contributed by atoms with Gasteiger partial charge in [0, 0.05) is 19.4 Å². The van der Waals surface area contributed by atoms with E-state index < -0.39 is 73.6 Å². The lowest BCUT2D eigenvalue weighted by atomic mass is 9.95. The van der Waals surface area contributed by atoms with E-state index in [2.05, 4.69) is 25.8 Å². The second-order valence-electron chi connectivity index (χ2n) is 15.0. The predicted octanol–water partition coefficient (Wildman–Crippen LogP) is 1.76. The number of amides is 5. The van der Waals surface area contributed by atoms with E-state index in [4.69, 9.17) is 5.73 Å². The smallest absolute Gasteiger partial charge is 0.404 e. The van der Waals surface area contributed by atoms with Crippen LogP contribution in [0.25, 0.3) is 0 Å². The van der Waals surface area contributed by atoms with Crippen molar-refractivity contribution < 1.29 is 47.6 Å². The van der Waals surface area contributed by atoms with Gasteiger partial charge in [-0.05, 0) is 53.9 Å². The molecule has 3 rings (SSSR count). The summed E-state index contributed by atoms with van der Waals surface area (Å²) in [6, 6.07) is 8.30. The third kappa shape index (κ3) is 13.5.